The lowest BCUT2D eigenvalue weighted by molar-refractivity contribution is -0.302. The molecular formula is C52H101NO8. The highest BCUT2D eigenvalue weighted by Crippen LogP contribution is 2.23. The Morgan fingerprint density at radius 1 is 0.541 bits per heavy atom. The van der Waals surface area contributed by atoms with E-state index in [1.165, 1.54) is 199 Å². The molecule has 9 nitrogen and oxygen atoms in total. The zero-order valence-corrected chi connectivity index (χ0v) is 39.9. The number of carbonyl (C=O) groups excluding carboxylic acids is 1. The van der Waals surface area contributed by atoms with E-state index in [-0.39, 0.29) is 12.5 Å². The topological polar surface area (TPSA) is 149 Å². The van der Waals surface area contributed by atoms with Crippen LogP contribution in [-0.4, -0.2) is 87.5 Å². The van der Waals surface area contributed by atoms with Gasteiger partial charge in [0.25, 0.3) is 0 Å². The molecule has 1 saturated heterocycles. The second-order valence-electron chi connectivity index (χ2n) is 18.7. The Hall–Kier alpha value is -1.07. The van der Waals surface area contributed by atoms with Gasteiger partial charge in [-0.3, -0.25) is 4.79 Å². The number of allylic oxidation sites excluding steroid dienone is 1. The maximum absolute atomic E-state index is 13.0. The average molecular weight is 868 g/mol. The van der Waals surface area contributed by atoms with Crippen molar-refractivity contribution in [1.29, 1.82) is 0 Å². The van der Waals surface area contributed by atoms with Crippen LogP contribution >= 0.6 is 0 Å². The molecule has 0 aromatic heterocycles. The molecule has 0 radical (unpaired) electrons. The Bertz CT molecular complexity index is 966. The summed E-state index contributed by atoms with van der Waals surface area (Å²) in [5.41, 5.74) is 0. The number of unbranched alkanes of at least 4 members (excludes halogenated alkanes) is 35. The molecule has 1 rings (SSSR count). The van der Waals surface area contributed by atoms with E-state index in [1.807, 2.05) is 6.08 Å². The van der Waals surface area contributed by atoms with Crippen LogP contribution < -0.4 is 5.32 Å². The first-order valence-electron chi connectivity index (χ1n) is 26.4. The summed E-state index contributed by atoms with van der Waals surface area (Å²) in [5, 5.41) is 54.3. The molecule has 6 N–H and O–H groups in total. The molecule has 362 valence electrons. The number of aliphatic hydroxyl groups excluding tert-OH is 5. The van der Waals surface area contributed by atoms with Crippen LogP contribution in [0.3, 0.4) is 0 Å². The number of nitrogens with one attached hydrogen (secondary N) is 1. The van der Waals surface area contributed by atoms with Crippen molar-refractivity contribution in [2.45, 2.75) is 301 Å². The molecular weight excluding hydrogens is 767 g/mol. The molecule has 7 unspecified atom stereocenters. The van der Waals surface area contributed by atoms with E-state index in [1.54, 1.807) is 6.08 Å². The predicted octanol–water partition coefficient (Wildman–Crippen LogP) is 12.1. The number of hydrogen-bond donors (Lipinski definition) is 6. The highest BCUT2D eigenvalue weighted by molar-refractivity contribution is 5.76. The molecule has 0 spiro atoms. The van der Waals surface area contributed by atoms with Gasteiger partial charge in [-0.2, -0.15) is 0 Å². The highest BCUT2D eigenvalue weighted by atomic mass is 16.7. The summed E-state index contributed by atoms with van der Waals surface area (Å²) in [6.07, 6.45) is 44.1. The van der Waals surface area contributed by atoms with Crippen molar-refractivity contribution in [3.05, 3.63) is 12.2 Å². The van der Waals surface area contributed by atoms with Crippen LogP contribution in [0.15, 0.2) is 12.2 Å². The van der Waals surface area contributed by atoms with Crippen LogP contribution in [0.4, 0.5) is 0 Å². The third kappa shape index (κ3) is 33.1. The van der Waals surface area contributed by atoms with Crippen molar-refractivity contribution in [1.82, 2.24) is 5.32 Å². The fourth-order valence-corrected chi connectivity index (χ4v) is 8.63. The first kappa shape index (κ1) is 57.9. The van der Waals surface area contributed by atoms with Crippen molar-refractivity contribution in [3.8, 4) is 0 Å². The second kappa shape index (κ2) is 42.9. The van der Waals surface area contributed by atoms with Crippen LogP contribution in [-0.2, 0) is 14.3 Å². The summed E-state index contributed by atoms with van der Waals surface area (Å²) in [5.74, 6) is -0.172. The summed E-state index contributed by atoms with van der Waals surface area (Å²) in [6.45, 7) is 3.80. The maximum atomic E-state index is 13.0. The summed E-state index contributed by atoms with van der Waals surface area (Å²) < 4.78 is 11.2. The van der Waals surface area contributed by atoms with Gasteiger partial charge in [0.05, 0.1) is 25.4 Å². The first-order valence-corrected chi connectivity index (χ1v) is 26.4. The Morgan fingerprint density at radius 2 is 0.902 bits per heavy atom. The van der Waals surface area contributed by atoms with Gasteiger partial charge in [0.15, 0.2) is 6.29 Å². The predicted molar refractivity (Wildman–Crippen MR) is 254 cm³/mol. The Labute approximate surface area is 376 Å². The Morgan fingerprint density at radius 3 is 1.28 bits per heavy atom. The third-order valence-electron chi connectivity index (χ3n) is 12.9. The first-order chi connectivity index (χ1) is 29.8. The molecule has 1 fully saturated rings. The largest absolute Gasteiger partial charge is 0.394 e. The number of carbonyl (C=O) groups is 1. The fraction of sp³-hybridized carbons (Fsp3) is 0.942. The van der Waals surface area contributed by atoms with Crippen molar-refractivity contribution >= 4 is 5.91 Å². The second-order valence-corrected chi connectivity index (χ2v) is 18.7. The van der Waals surface area contributed by atoms with E-state index in [4.69, 9.17) is 9.47 Å². The summed E-state index contributed by atoms with van der Waals surface area (Å²) in [6, 6.07) is -0.799. The number of rotatable bonds is 45. The van der Waals surface area contributed by atoms with Crippen molar-refractivity contribution in [2.24, 2.45) is 0 Å². The molecule has 0 saturated carbocycles. The van der Waals surface area contributed by atoms with E-state index in [0.717, 1.165) is 38.5 Å². The van der Waals surface area contributed by atoms with Gasteiger partial charge in [-0.15, -0.1) is 0 Å². The SMILES string of the molecule is CCCCCCCCCCCCCC/C=C/C(O)C(COC1OC(CO)C(O)C(O)C1O)NC(=O)CCCCCCCCCCCCCCCCCCCCCCCCCC. The van der Waals surface area contributed by atoms with E-state index in [2.05, 4.69) is 19.2 Å². The summed E-state index contributed by atoms with van der Waals surface area (Å²) >= 11 is 0. The van der Waals surface area contributed by atoms with E-state index >= 15 is 0 Å². The van der Waals surface area contributed by atoms with Crippen molar-refractivity contribution in [2.75, 3.05) is 13.2 Å². The molecule has 9 heteroatoms. The number of hydrogen-bond acceptors (Lipinski definition) is 8. The summed E-state index contributed by atoms with van der Waals surface area (Å²) in [7, 11) is 0. The summed E-state index contributed by atoms with van der Waals surface area (Å²) in [4.78, 5) is 13.0. The van der Waals surface area contributed by atoms with Crippen molar-refractivity contribution in [3.63, 3.8) is 0 Å². The molecule has 0 aliphatic carbocycles. The zero-order valence-electron chi connectivity index (χ0n) is 39.9. The molecule has 1 heterocycles. The normalized spacial score (nSPS) is 20.4. The average Bonchev–Trinajstić information content (AvgIpc) is 3.26. The lowest BCUT2D eigenvalue weighted by Crippen LogP contribution is -2.60. The van der Waals surface area contributed by atoms with Crippen LogP contribution in [0, 0.1) is 0 Å². The zero-order chi connectivity index (χ0) is 44.4. The van der Waals surface area contributed by atoms with E-state index in [9.17, 15) is 30.3 Å². The van der Waals surface area contributed by atoms with Gasteiger partial charge in [0.1, 0.15) is 24.4 Å². The molecule has 61 heavy (non-hydrogen) atoms. The minimum Gasteiger partial charge on any atom is -0.394 e. The van der Waals surface area contributed by atoms with Gasteiger partial charge < -0.3 is 40.3 Å². The van der Waals surface area contributed by atoms with Gasteiger partial charge in [0.2, 0.25) is 5.91 Å². The number of amides is 1. The molecule has 1 amide bonds. The van der Waals surface area contributed by atoms with Crippen molar-refractivity contribution < 1.29 is 39.8 Å². The van der Waals surface area contributed by atoms with Gasteiger partial charge in [-0.25, -0.2) is 0 Å². The number of aliphatic hydroxyl groups is 5. The maximum Gasteiger partial charge on any atom is 0.220 e. The molecule has 7 atom stereocenters. The monoisotopic (exact) mass is 868 g/mol. The van der Waals surface area contributed by atoms with E-state index < -0.39 is 49.5 Å². The quantitative estimate of drug-likeness (QED) is 0.0262. The molecule has 0 aromatic carbocycles. The third-order valence-corrected chi connectivity index (χ3v) is 12.9. The van der Waals surface area contributed by atoms with Crippen LogP contribution in [0.25, 0.3) is 0 Å². The fourth-order valence-electron chi connectivity index (χ4n) is 8.63. The van der Waals surface area contributed by atoms with Gasteiger partial charge in [-0.05, 0) is 19.3 Å². The minimum absolute atomic E-state index is 0.172. The Kier molecular flexibility index (Phi) is 40.7. The number of ether oxygens (including phenoxy) is 2. The molecule has 0 bridgehead atoms. The molecule has 1 aliphatic heterocycles. The van der Waals surface area contributed by atoms with Crippen LogP contribution in [0.5, 0.6) is 0 Å². The lowest BCUT2D eigenvalue weighted by atomic mass is 9.99. The lowest BCUT2D eigenvalue weighted by Gasteiger charge is -2.40. The highest BCUT2D eigenvalue weighted by Gasteiger charge is 2.44. The van der Waals surface area contributed by atoms with Crippen LogP contribution in [0.1, 0.15) is 258 Å². The van der Waals surface area contributed by atoms with E-state index in [0.29, 0.717) is 6.42 Å². The van der Waals surface area contributed by atoms with Crippen LogP contribution in [0.2, 0.25) is 0 Å². The standard InChI is InChI=1S/C52H101NO8/c1-3-5-7-9-11-13-15-17-19-20-21-22-23-24-25-26-27-28-30-32-34-36-38-40-42-48(56)53-45(44-60-52-51(59)50(58)49(57)47(43-54)61-52)46(55)41-39-37-35-33-31-29-18-16-14-12-10-8-6-4-2/h39,41,45-47,49-52,54-55,57-59H,3-38,40,42-44H2,1-2H3,(H,53,56)/b41-39+. The smallest absolute Gasteiger partial charge is 0.220 e. The molecule has 0 aromatic rings. The van der Waals surface area contributed by atoms with Gasteiger partial charge >= 0.3 is 0 Å². The minimum atomic E-state index is -1.56. The van der Waals surface area contributed by atoms with Gasteiger partial charge in [0, 0.05) is 6.42 Å². The Balaban J connectivity index is 2.22. The van der Waals surface area contributed by atoms with Gasteiger partial charge in [-0.1, -0.05) is 244 Å². The molecule has 1 aliphatic rings.